The average molecular weight is 353 g/mol. The van der Waals surface area contributed by atoms with Crippen molar-refractivity contribution in [1.82, 2.24) is 14.9 Å². The number of carbonyl (C=O) groups excluding carboxylic acids is 1. The number of nitrogens with zero attached hydrogens (tertiary/aromatic N) is 4. The predicted octanol–water partition coefficient (Wildman–Crippen LogP) is 2.80. The number of amides is 1. The molecule has 0 radical (unpaired) electrons. The van der Waals surface area contributed by atoms with E-state index in [1.807, 2.05) is 32.9 Å². The van der Waals surface area contributed by atoms with Crippen LogP contribution in [-0.2, 0) is 0 Å². The van der Waals surface area contributed by atoms with Crippen LogP contribution < -0.4 is 10.2 Å². The zero-order valence-corrected chi connectivity index (χ0v) is 16.0. The van der Waals surface area contributed by atoms with E-state index in [0.717, 1.165) is 44.0 Å². The summed E-state index contributed by atoms with van der Waals surface area (Å²) < 4.78 is 0. The molecular formula is C20H27N5O. The fraction of sp³-hybridized carbons (Fsp3) is 0.450. The summed E-state index contributed by atoms with van der Waals surface area (Å²) in [5.41, 5.74) is 4.26. The Morgan fingerprint density at radius 3 is 2.50 bits per heavy atom. The number of aryl methyl sites for hydroxylation is 3. The van der Waals surface area contributed by atoms with Gasteiger partial charge in [-0.15, -0.1) is 0 Å². The van der Waals surface area contributed by atoms with E-state index in [-0.39, 0.29) is 5.91 Å². The molecule has 1 aromatic carbocycles. The molecule has 0 bridgehead atoms. The normalized spacial score (nSPS) is 15.2. The van der Waals surface area contributed by atoms with E-state index in [0.29, 0.717) is 17.2 Å². The summed E-state index contributed by atoms with van der Waals surface area (Å²) in [5, 5.41) is 2.97. The lowest BCUT2D eigenvalue weighted by atomic mass is 10.1. The molecule has 0 aliphatic carbocycles. The zero-order valence-electron chi connectivity index (χ0n) is 16.0. The van der Waals surface area contributed by atoms with Gasteiger partial charge in [0.15, 0.2) is 0 Å². The average Bonchev–Trinajstić information content (AvgIpc) is 2.64. The molecular weight excluding hydrogens is 326 g/mol. The number of anilines is 2. The zero-order chi connectivity index (χ0) is 18.7. The van der Waals surface area contributed by atoms with Gasteiger partial charge in [-0.25, -0.2) is 9.97 Å². The quantitative estimate of drug-likeness (QED) is 0.916. The predicted molar refractivity (Wildman–Crippen MR) is 105 cm³/mol. The summed E-state index contributed by atoms with van der Waals surface area (Å²) in [6.07, 6.45) is 1.64. The number of likely N-dealkylation sites (N-methyl/N-ethyl adjacent to an activating group) is 1. The number of aromatic nitrogens is 2. The Hall–Kier alpha value is -2.47. The van der Waals surface area contributed by atoms with E-state index in [9.17, 15) is 4.79 Å². The van der Waals surface area contributed by atoms with Crippen LogP contribution in [0, 0.1) is 20.8 Å². The molecule has 1 N–H and O–H groups in total. The highest BCUT2D eigenvalue weighted by atomic mass is 16.1. The number of hydrogen-bond donors (Lipinski definition) is 1. The summed E-state index contributed by atoms with van der Waals surface area (Å²) in [7, 11) is 0. The molecule has 0 spiro atoms. The van der Waals surface area contributed by atoms with Crippen molar-refractivity contribution >= 4 is 17.5 Å². The van der Waals surface area contributed by atoms with Crippen LogP contribution in [0.15, 0.2) is 24.4 Å². The van der Waals surface area contributed by atoms with E-state index in [4.69, 9.17) is 0 Å². The third kappa shape index (κ3) is 4.02. The van der Waals surface area contributed by atoms with Crippen LogP contribution in [0.5, 0.6) is 0 Å². The molecule has 2 aromatic rings. The Morgan fingerprint density at radius 1 is 1.15 bits per heavy atom. The number of benzene rings is 1. The molecule has 1 aliphatic rings. The van der Waals surface area contributed by atoms with Crippen LogP contribution in [0.25, 0.3) is 0 Å². The van der Waals surface area contributed by atoms with Crippen molar-refractivity contribution in [3.05, 3.63) is 46.8 Å². The maximum absolute atomic E-state index is 12.6. The number of carbonyl (C=O) groups is 1. The van der Waals surface area contributed by atoms with E-state index < -0.39 is 0 Å². The van der Waals surface area contributed by atoms with E-state index in [1.54, 1.807) is 6.20 Å². The first-order valence-corrected chi connectivity index (χ1v) is 9.17. The van der Waals surface area contributed by atoms with E-state index in [2.05, 4.69) is 38.1 Å². The van der Waals surface area contributed by atoms with Crippen molar-refractivity contribution in [2.75, 3.05) is 42.9 Å². The molecule has 6 heteroatoms. The van der Waals surface area contributed by atoms with Crippen molar-refractivity contribution in [2.45, 2.75) is 27.7 Å². The number of piperazine rings is 1. The summed E-state index contributed by atoms with van der Waals surface area (Å²) in [6.45, 7) is 13.0. The second-order valence-corrected chi connectivity index (χ2v) is 6.86. The van der Waals surface area contributed by atoms with Gasteiger partial charge in [0, 0.05) is 38.1 Å². The summed E-state index contributed by atoms with van der Waals surface area (Å²) >= 11 is 0. The molecule has 26 heavy (non-hydrogen) atoms. The van der Waals surface area contributed by atoms with Gasteiger partial charge in [0.2, 0.25) is 5.95 Å². The Bertz CT molecular complexity index is 797. The molecule has 0 saturated carbocycles. The lowest BCUT2D eigenvalue weighted by molar-refractivity contribution is 0.102. The molecule has 0 unspecified atom stereocenters. The van der Waals surface area contributed by atoms with Gasteiger partial charge < -0.3 is 15.1 Å². The molecule has 1 aliphatic heterocycles. The molecule has 1 amide bonds. The Kier molecular flexibility index (Phi) is 5.52. The highest BCUT2D eigenvalue weighted by molar-refractivity contribution is 6.05. The summed E-state index contributed by atoms with van der Waals surface area (Å²) in [6, 6.07) is 5.98. The van der Waals surface area contributed by atoms with Crippen LogP contribution in [0.3, 0.4) is 0 Å². The van der Waals surface area contributed by atoms with Crippen LogP contribution in [0.1, 0.15) is 34.1 Å². The van der Waals surface area contributed by atoms with E-state index in [1.165, 1.54) is 5.56 Å². The second kappa shape index (κ2) is 7.83. The molecule has 2 heterocycles. The third-order valence-electron chi connectivity index (χ3n) is 4.94. The van der Waals surface area contributed by atoms with Gasteiger partial charge >= 0.3 is 0 Å². The van der Waals surface area contributed by atoms with Crippen LogP contribution in [-0.4, -0.2) is 53.5 Å². The number of nitrogens with one attached hydrogen (secondary N) is 1. The van der Waals surface area contributed by atoms with Gasteiger partial charge in [0.05, 0.1) is 11.3 Å². The smallest absolute Gasteiger partial charge is 0.259 e. The Labute approximate surface area is 155 Å². The Morgan fingerprint density at radius 2 is 1.88 bits per heavy atom. The largest absolute Gasteiger partial charge is 0.338 e. The topological polar surface area (TPSA) is 61.4 Å². The van der Waals surface area contributed by atoms with Crippen molar-refractivity contribution in [3.63, 3.8) is 0 Å². The minimum atomic E-state index is -0.170. The van der Waals surface area contributed by atoms with Gasteiger partial charge in [-0.2, -0.15) is 0 Å². The van der Waals surface area contributed by atoms with Crippen LogP contribution >= 0.6 is 0 Å². The van der Waals surface area contributed by atoms with Gasteiger partial charge in [-0.1, -0.05) is 24.6 Å². The Balaban J connectivity index is 1.72. The number of rotatable bonds is 4. The first-order chi connectivity index (χ1) is 12.5. The monoisotopic (exact) mass is 353 g/mol. The van der Waals surface area contributed by atoms with Crippen molar-refractivity contribution in [2.24, 2.45) is 0 Å². The minimum absolute atomic E-state index is 0.170. The van der Waals surface area contributed by atoms with Crippen LogP contribution in [0.4, 0.5) is 11.6 Å². The molecule has 138 valence electrons. The van der Waals surface area contributed by atoms with Gasteiger partial charge in [0.1, 0.15) is 0 Å². The highest BCUT2D eigenvalue weighted by Gasteiger charge is 2.20. The van der Waals surface area contributed by atoms with Crippen molar-refractivity contribution in [3.8, 4) is 0 Å². The van der Waals surface area contributed by atoms with Gasteiger partial charge in [-0.3, -0.25) is 4.79 Å². The first-order valence-electron chi connectivity index (χ1n) is 9.17. The first kappa shape index (κ1) is 18.3. The summed E-state index contributed by atoms with van der Waals surface area (Å²) in [5.74, 6) is 0.540. The molecule has 1 fully saturated rings. The fourth-order valence-corrected chi connectivity index (χ4v) is 3.24. The lowest BCUT2D eigenvalue weighted by Crippen LogP contribution is -2.46. The van der Waals surface area contributed by atoms with Gasteiger partial charge in [0.25, 0.3) is 5.91 Å². The molecule has 6 nitrogen and oxygen atoms in total. The molecule has 1 saturated heterocycles. The van der Waals surface area contributed by atoms with Gasteiger partial charge in [-0.05, 0) is 38.9 Å². The second-order valence-electron chi connectivity index (χ2n) is 6.86. The summed E-state index contributed by atoms with van der Waals surface area (Å²) in [4.78, 5) is 26.3. The molecule has 0 atom stereocenters. The SMILES string of the molecule is CCN1CCN(c2ncc(C(=O)Nc3ccc(C)cc3C)c(C)n2)CC1. The number of hydrogen-bond acceptors (Lipinski definition) is 5. The molecule has 1 aromatic heterocycles. The van der Waals surface area contributed by atoms with Crippen molar-refractivity contribution < 1.29 is 4.79 Å². The minimum Gasteiger partial charge on any atom is -0.338 e. The highest BCUT2D eigenvalue weighted by Crippen LogP contribution is 2.19. The van der Waals surface area contributed by atoms with Crippen molar-refractivity contribution in [1.29, 1.82) is 0 Å². The lowest BCUT2D eigenvalue weighted by Gasteiger charge is -2.34. The van der Waals surface area contributed by atoms with E-state index >= 15 is 0 Å². The standard InChI is InChI=1S/C20H27N5O/c1-5-24-8-10-25(11-9-24)20-21-13-17(16(4)22-20)19(26)23-18-7-6-14(2)12-15(18)3/h6-7,12-13H,5,8-11H2,1-4H3,(H,23,26). The fourth-order valence-electron chi connectivity index (χ4n) is 3.24. The third-order valence-corrected chi connectivity index (χ3v) is 4.94. The maximum Gasteiger partial charge on any atom is 0.259 e. The maximum atomic E-state index is 12.6. The molecule has 3 rings (SSSR count). The van der Waals surface area contributed by atoms with Crippen LogP contribution in [0.2, 0.25) is 0 Å².